The number of hydrazone groups is 1. The Kier molecular flexibility index (Phi) is 6.88. The van der Waals surface area contributed by atoms with Crippen molar-refractivity contribution in [2.24, 2.45) is 5.10 Å². The lowest BCUT2D eigenvalue weighted by molar-refractivity contribution is -0.393. The van der Waals surface area contributed by atoms with E-state index in [2.05, 4.69) is 20.5 Å². The maximum Gasteiger partial charge on any atom is 0.301 e. The highest BCUT2D eigenvalue weighted by molar-refractivity contribution is 7.99. The number of nitrogens with one attached hydrogen (secondary N) is 1. The molecule has 168 valence electrons. The number of anilines is 1. The number of aromatic nitrogens is 2. The van der Waals surface area contributed by atoms with E-state index in [4.69, 9.17) is 0 Å². The molecule has 0 radical (unpaired) electrons. The summed E-state index contributed by atoms with van der Waals surface area (Å²) in [5.74, 6) is 0. The van der Waals surface area contributed by atoms with Gasteiger partial charge in [0.15, 0.2) is 5.16 Å². The molecule has 0 aliphatic rings. The van der Waals surface area contributed by atoms with E-state index in [1.165, 1.54) is 18.3 Å². The third kappa shape index (κ3) is 5.82. The molecule has 2 aromatic carbocycles. The lowest BCUT2D eigenvalue weighted by atomic mass is 10.2. The zero-order valence-electron chi connectivity index (χ0n) is 17.2. The minimum absolute atomic E-state index is 0.0736. The molecule has 0 fully saturated rings. The summed E-state index contributed by atoms with van der Waals surface area (Å²) in [5.41, 5.74) is 3.03. The molecule has 0 bridgehead atoms. The monoisotopic (exact) mass is 469 g/mol. The van der Waals surface area contributed by atoms with Crippen LogP contribution in [0.25, 0.3) is 0 Å². The second-order valence-electron chi connectivity index (χ2n) is 6.61. The maximum absolute atomic E-state index is 11.6. The van der Waals surface area contributed by atoms with E-state index in [-0.39, 0.29) is 11.4 Å². The van der Waals surface area contributed by atoms with Crippen molar-refractivity contribution in [2.75, 3.05) is 5.43 Å². The lowest BCUT2D eigenvalue weighted by Crippen LogP contribution is -1.99. The van der Waals surface area contributed by atoms with Crippen LogP contribution in [-0.4, -0.2) is 31.0 Å². The van der Waals surface area contributed by atoms with Crippen molar-refractivity contribution in [1.82, 2.24) is 9.97 Å². The molecular formula is C19H15N7O6S. The van der Waals surface area contributed by atoms with Crippen LogP contribution >= 0.6 is 11.8 Å². The molecule has 1 heterocycles. The third-order valence-corrected chi connectivity index (χ3v) is 5.06. The zero-order chi connectivity index (χ0) is 24.1. The molecule has 0 aliphatic carbocycles. The average Bonchev–Trinajstić information content (AvgIpc) is 2.73. The van der Waals surface area contributed by atoms with E-state index in [9.17, 15) is 30.3 Å². The second kappa shape index (κ2) is 9.78. The molecule has 1 aromatic heterocycles. The number of hydrogen-bond acceptors (Lipinski definition) is 11. The van der Waals surface area contributed by atoms with Crippen molar-refractivity contribution >= 4 is 40.7 Å². The van der Waals surface area contributed by atoms with Crippen LogP contribution in [-0.2, 0) is 0 Å². The summed E-state index contributed by atoms with van der Waals surface area (Å²) in [6, 6.07) is 9.24. The van der Waals surface area contributed by atoms with Crippen LogP contribution in [0.1, 0.15) is 17.0 Å². The molecule has 0 aliphatic heterocycles. The summed E-state index contributed by atoms with van der Waals surface area (Å²) in [6.07, 6.45) is 1.24. The van der Waals surface area contributed by atoms with Crippen molar-refractivity contribution < 1.29 is 14.8 Å². The Bertz CT molecular complexity index is 1280. The number of hydrogen-bond donors (Lipinski definition) is 1. The van der Waals surface area contributed by atoms with Crippen LogP contribution in [0.15, 0.2) is 57.6 Å². The predicted octanol–water partition coefficient (Wildman–Crippen LogP) is 4.42. The number of nitro groups is 3. The molecule has 3 aromatic rings. The van der Waals surface area contributed by atoms with Crippen molar-refractivity contribution in [3.63, 3.8) is 0 Å². The predicted molar refractivity (Wildman–Crippen MR) is 120 cm³/mol. The van der Waals surface area contributed by atoms with Crippen LogP contribution in [0, 0.1) is 44.2 Å². The molecule has 14 heteroatoms. The highest BCUT2D eigenvalue weighted by Gasteiger charge is 2.20. The topological polar surface area (TPSA) is 180 Å². The van der Waals surface area contributed by atoms with Gasteiger partial charge in [0.25, 0.3) is 11.4 Å². The van der Waals surface area contributed by atoms with E-state index >= 15 is 0 Å². The number of aryl methyl sites for hydroxylation is 2. The van der Waals surface area contributed by atoms with Gasteiger partial charge in [-0.1, -0.05) is 6.07 Å². The molecular weight excluding hydrogens is 454 g/mol. The fourth-order valence-corrected chi connectivity index (χ4v) is 3.69. The Hall–Kier alpha value is -4.46. The quantitative estimate of drug-likeness (QED) is 0.215. The first-order valence-electron chi connectivity index (χ1n) is 9.14. The maximum atomic E-state index is 11.6. The summed E-state index contributed by atoms with van der Waals surface area (Å²) < 4.78 is 0. The molecule has 0 amide bonds. The van der Waals surface area contributed by atoms with Gasteiger partial charge in [0.1, 0.15) is 5.69 Å². The first-order chi connectivity index (χ1) is 15.6. The van der Waals surface area contributed by atoms with Gasteiger partial charge in [0.2, 0.25) is 0 Å². The minimum Gasteiger partial charge on any atom is -0.272 e. The van der Waals surface area contributed by atoms with Crippen molar-refractivity contribution in [1.29, 1.82) is 0 Å². The summed E-state index contributed by atoms with van der Waals surface area (Å²) in [7, 11) is 0. The molecule has 33 heavy (non-hydrogen) atoms. The van der Waals surface area contributed by atoms with Crippen LogP contribution < -0.4 is 5.43 Å². The molecule has 3 rings (SSSR count). The number of non-ortho nitro benzene ring substituents is 1. The molecule has 1 N–H and O–H groups in total. The van der Waals surface area contributed by atoms with Gasteiger partial charge in [0.05, 0.1) is 31.9 Å². The van der Waals surface area contributed by atoms with E-state index in [1.807, 2.05) is 0 Å². The van der Waals surface area contributed by atoms with Gasteiger partial charge >= 0.3 is 5.69 Å². The van der Waals surface area contributed by atoms with E-state index in [0.29, 0.717) is 15.6 Å². The number of rotatable bonds is 8. The van der Waals surface area contributed by atoms with Gasteiger partial charge in [-0.15, -0.1) is 0 Å². The fourth-order valence-electron chi connectivity index (χ4n) is 2.74. The van der Waals surface area contributed by atoms with E-state index in [1.54, 1.807) is 26.0 Å². The molecule has 0 unspecified atom stereocenters. The van der Waals surface area contributed by atoms with E-state index < -0.39 is 26.1 Å². The van der Waals surface area contributed by atoms with Crippen molar-refractivity contribution in [2.45, 2.75) is 23.9 Å². The number of nitro benzene ring substituents is 3. The summed E-state index contributed by atoms with van der Waals surface area (Å²) in [4.78, 5) is 40.4. The van der Waals surface area contributed by atoms with Gasteiger partial charge in [-0.2, -0.15) is 5.10 Å². The van der Waals surface area contributed by atoms with Gasteiger partial charge in [0, 0.05) is 29.1 Å². The SMILES string of the molecule is Cc1cc(C)nc(Sc2ccc(/C=N\Nc3ccc([N+](=O)[O-])cc3[N+](=O)[O-])cc2[N+](=O)[O-])n1. The first kappa shape index (κ1) is 23.2. The van der Waals surface area contributed by atoms with Crippen LogP contribution in [0.5, 0.6) is 0 Å². The van der Waals surface area contributed by atoms with Crippen LogP contribution in [0.3, 0.4) is 0 Å². The lowest BCUT2D eigenvalue weighted by Gasteiger charge is -2.05. The standard InChI is InChI=1S/C19H15N7O6S/c1-11-7-12(2)22-19(21-11)33-18-6-3-13(8-17(18)26(31)32)10-20-23-15-5-4-14(24(27)28)9-16(15)25(29)30/h3-10,23H,1-2H3/b20-10-. The summed E-state index contributed by atoms with van der Waals surface area (Å²) >= 11 is 1.06. The molecule has 0 saturated carbocycles. The van der Waals surface area contributed by atoms with Crippen molar-refractivity contribution in [3.8, 4) is 0 Å². The third-order valence-electron chi connectivity index (χ3n) is 4.13. The first-order valence-corrected chi connectivity index (χ1v) is 9.96. The summed E-state index contributed by atoms with van der Waals surface area (Å²) in [6.45, 7) is 3.60. The Labute approximate surface area is 190 Å². The smallest absolute Gasteiger partial charge is 0.272 e. The Balaban J connectivity index is 1.83. The highest BCUT2D eigenvalue weighted by Crippen LogP contribution is 2.34. The largest absolute Gasteiger partial charge is 0.301 e. The second-order valence-corrected chi connectivity index (χ2v) is 7.61. The fraction of sp³-hybridized carbons (Fsp3) is 0.105. The van der Waals surface area contributed by atoms with Crippen LogP contribution in [0.4, 0.5) is 22.7 Å². The van der Waals surface area contributed by atoms with Crippen LogP contribution in [0.2, 0.25) is 0 Å². The minimum atomic E-state index is -0.781. The molecule has 0 atom stereocenters. The Morgan fingerprint density at radius 3 is 2.15 bits per heavy atom. The molecule has 0 spiro atoms. The Morgan fingerprint density at radius 2 is 1.55 bits per heavy atom. The molecule has 13 nitrogen and oxygen atoms in total. The van der Waals surface area contributed by atoms with Gasteiger partial charge in [-0.3, -0.25) is 35.8 Å². The van der Waals surface area contributed by atoms with Crippen molar-refractivity contribution in [3.05, 3.63) is 89.8 Å². The van der Waals surface area contributed by atoms with E-state index in [0.717, 1.165) is 41.3 Å². The highest BCUT2D eigenvalue weighted by atomic mass is 32.2. The van der Waals surface area contributed by atoms with Gasteiger partial charge in [-0.25, -0.2) is 9.97 Å². The normalized spacial score (nSPS) is 10.8. The summed E-state index contributed by atoms with van der Waals surface area (Å²) in [5, 5.41) is 37.8. The average molecular weight is 469 g/mol. The number of benzene rings is 2. The van der Waals surface area contributed by atoms with Gasteiger partial charge < -0.3 is 0 Å². The zero-order valence-corrected chi connectivity index (χ0v) is 18.0. The molecule has 0 saturated heterocycles. The Morgan fingerprint density at radius 1 is 0.879 bits per heavy atom. The van der Waals surface area contributed by atoms with Gasteiger partial charge in [-0.05, 0) is 43.8 Å². The number of nitrogens with zero attached hydrogens (tertiary/aromatic N) is 6.